The van der Waals surface area contributed by atoms with Gasteiger partial charge in [0.25, 0.3) is 0 Å². The Morgan fingerprint density at radius 3 is 2.72 bits per heavy atom. The van der Waals surface area contributed by atoms with E-state index in [-0.39, 0.29) is 35.2 Å². The van der Waals surface area contributed by atoms with Crippen molar-refractivity contribution in [2.75, 3.05) is 7.11 Å². The summed E-state index contributed by atoms with van der Waals surface area (Å²) >= 11 is 0. The third-order valence-corrected chi connectivity index (χ3v) is 4.43. The molecular formula is C22H24O7. The van der Waals surface area contributed by atoms with Crippen LogP contribution >= 0.6 is 0 Å². The Morgan fingerprint density at radius 1 is 1.28 bits per heavy atom. The lowest BCUT2D eigenvalue weighted by molar-refractivity contribution is -0.0742. The Bertz CT molecular complexity index is 933. The molecule has 2 aromatic carbocycles. The summed E-state index contributed by atoms with van der Waals surface area (Å²) in [5.41, 5.74) is 1.58. The van der Waals surface area contributed by atoms with Crippen LogP contribution in [0.2, 0.25) is 0 Å². The molecule has 7 heteroatoms. The number of methoxy groups -OCH3 is 1. The van der Waals surface area contributed by atoms with E-state index in [1.54, 1.807) is 37.3 Å². The molecule has 2 aromatic rings. The van der Waals surface area contributed by atoms with Crippen LogP contribution in [-0.2, 0) is 16.1 Å². The predicted octanol–water partition coefficient (Wildman–Crippen LogP) is 3.99. The number of esters is 2. The molecule has 0 saturated heterocycles. The highest BCUT2D eigenvalue weighted by Crippen LogP contribution is 2.39. The number of cyclic esters (lactones) is 1. The van der Waals surface area contributed by atoms with Crippen molar-refractivity contribution >= 4 is 11.9 Å². The van der Waals surface area contributed by atoms with Crippen molar-refractivity contribution in [1.82, 2.24) is 0 Å². The molecule has 29 heavy (non-hydrogen) atoms. The number of hydrogen-bond donors (Lipinski definition) is 1. The van der Waals surface area contributed by atoms with Crippen molar-refractivity contribution in [2.24, 2.45) is 5.92 Å². The molecule has 0 saturated carbocycles. The molecule has 1 heterocycles. The standard InChI is InChI=1S/C22H24O7/c1-12(2)8-18(23)29-21(24)15-10-13(3)9-14-11-27-22(25)19-16(26-4)6-5-7-17(19)28-20(14)15/h5-7,9-10,12,18,23H,8,11H2,1-4H3. The molecule has 0 bridgehead atoms. The van der Waals surface area contributed by atoms with Crippen LogP contribution in [0.25, 0.3) is 0 Å². The predicted molar refractivity (Wildman–Crippen MR) is 104 cm³/mol. The van der Waals surface area contributed by atoms with E-state index >= 15 is 0 Å². The van der Waals surface area contributed by atoms with Gasteiger partial charge in [-0.3, -0.25) is 0 Å². The highest BCUT2D eigenvalue weighted by atomic mass is 16.6. The van der Waals surface area contributed by atoms with Gasteiger partial charge < -0.3 is 24.1 Å². The van der Waals surface area contributed by atoms with Gasteiger partial charge >= 0.3 is 11.9 Å². The molecular weight excluding hydrogens is 376 g/mol. The van der Waals surface area contributed by atoms with Gasteiger partial charge in [-0.25, -0.2) is 9.59 Å². The van der Waals surface area contributed by atoms with Gasteiger partial charge in [0.15, 0.2) is 0 Å². The van der Waals surface area contributed by atoms with Crippen molar-refractivity contribution in [1.29, 1.82) is 0 Å². The lowest BCUT2D eigenvalue weighted by Gasteiger charge is -2.22. The van der Waals surface area contributed by atoms with Crippen LogP contribution in [0.15, 0.2) is 30.3 Å². The molecule has 1 aliphatic heterocycles. The van der Waals surface area contributed by atoms with Crippen LogP contribution in [0.4, 0.5) is 0 Å². The summed E-state index contributed by atoms with van der Waals surface area (Å²) in [6.45, 7) is 5.56. The first-order valence-electron chi connectivity index (χ1n) is 9.34. The number of fused-ring (bicyclic) bond motifs is 2. The SMILES string of the molecule is COc1cccc2c1C(=O)OCc1cc(C)cc(C(=O)OC(O)CC(C)C)c1O2. The second-order valence-electron chi connectivity index (χ2n) is 7.30. The summed E-state index contributed by atoms with van der Waals surface area (Å²) in [6, 6.07) is 8.28. The molecule has 1 aliphatic rings. The van der Waals surface area contributed by atoms with Crippen LogP contribution < -0.4 is 9.47 Å². The monoisotopic (exact) mass is 400 g/mol. The maximum Gasteiger partial charge on any atom is 0.346 e. The smallest absolute Gasteiger partial charge is 0.346 e. The van der Waals surface area contributed by atoms with Gasteiger partial charge in [-0.15, -0.1) is 0 Å². The fourth-order valence-corrected chi connectivity index (χ4v) is 3.16. The average Bonchev–Trinajstić information content (AvgIpc) is 2.65. The van der Waals surface area contributed by atoms with Gasteiger partial charge in [-0.1, -0.05) is 19.9 Å². The van der Waals surface area contributed by atoms with E-state index in [1.807, 2.05) is 13.8 Å². The number of aliphatic hydroxyl groups is 1. The second kappa shape index (κ2) is 8.53. The molecule has 7 nitrogen and oxygen atoms in total. The van der Waals surface area contributed by atoms with E-state index in [9.17, 15) is 14.7 Å². The fraction of sp³-hybridized carbons (Fsp3) is 0.364. The first kappa shape index (κ1) is 20.7. The highest BCUT2D eigenvalue weighted by molar-refractivity contribution is 5.97. The summed E-state index contributed by atoms with van der Waals surface area (Å²) < 4.78 is 21.9. The lowest BCUT2D eigenvalue weighted by atomic mass is 10.0. The van der Waals surface area contributed by atoms with Crippen LogP contribution in [0, 0.1) is 12.8 Å². The summed E-state index contributed by atoms with van der Waals surface area (Å²) in [7, 11) is 1.44. The number of aryl methyl sites for hydroxylation is 1. The minimum absolute atomic E-state index is 0.0812. The zero-order chi connectivity index (χ0) is 21.1. The van der Waals surface area contributed by atoms with Gasteiger partial charge in [-0.2, -0.15) is 0 Å². The van der Waals surface area contributed by atoms with E-state index < -0.39 is 18.2 Å². The summed E-state index contributed by atoms with van der Waals surface area (Å²) in [5, 5.41) is 10.0. The van der Waals surface area contributed by atoms with E-state index in [4.69, 9.17) is 18.9 Å². The second-order valence-corrected chi connectivity index (χ2v) is 7.30. The quantitative estimate of drug-likeness (QED) is 0.599. The molecule has 154 valence electrons. The van der Waals surface area contributed by atoms with Crippen molar-refractivity contribution in [2.45, 2.75) is 40.1 Å². The maximum atomic E-state index is 12.8. The molecule has 0 aliphatic carbocycles. The minimum atomic E-state index is -1.22. The van der Waals surface area contributed by atoms with E-state index in [2.05, 4.69) is 0 Å². The number of carbonyl (C=O) groups is 2. The van der Waals surface area contributed by atoms with Crippen LogP contribution in [0.5, 0.6) is 17.2 Å². The van der Waals surface area contributed by atoms with Crippen LogP contribution in [0.1, 0.15) is 52.1 Å². The Labute approximate surface area is 169 Å². The van der Waals surface area contributed by atoms with Crippen molar-refractivity contribution in [3.8, 4) is 17.2 Å². The topological polar surface area (TPSA) is 91.3 Å². The van der Waals surface area contributed by atoms with Gasteiger partial charge in [0.2, 0.25) is 6.29 Å². The third kappa shape index (κ3) is 4.51. The molecule has 0 radical (unpaired) electrons. The highest BCUT2D eigenvalue weighted by Gasteiger charge is 2.28. The number of ether oxygens (including phenoxy) is 4. The first-order valence-corrected chi connectivity index (χ1v) is 9.34. The Morgan fingerprint density at radius 2 is 2.03 bits per heavy atom. The zero-order valence-corrected chi connectivity index (χ0v) is 16.9. The largest absolute Gasteiger partial charge is 0.496 e. The molecule has 0 amide bonds. The number of rotatable bonds is 5. The number of benzene rings is 2. The Balaban J connectivity index is 2.04. The molecule has 0 fully saturated rings. The molecule has 0 aromatic heterocycles. The molecule has 0 spiro atoms. The van der Waals surface area contributed by atoms with Gasteiger partial charge in [-0.05, 0) is 42.7 Å². The summed E-state index contributed by atoms with van der Waals surface area (Å²) in [4.78, 5) is 25.3. The van der Waals surface area contributed by atoms with Crippen LogP contribution in [0.3, 0.4) is 0 Å². The normalized spacial score (nSPS) is 13.9. The molecule has 1 atom stereocenters. The fourth-order valence-electron chi connectivity index (χ4n) is 3.16. The summed E-state index contributed by atoms with van der Waals surface area (Å²) in [5.74, 6) is -0.406. The third-order valence-electron chi connectivity index (χ3n) is 4.43. The maximum absolute atomic E-state index is 12.8. The van der Waals surface area contributed by atoms with E-state index in [0.717, 1.165) is 5.56 Å². The number of hydrogen-bond acceptors (Lipinski definition) is 7. The first-order chi connectivity index (χ1) is 13.8. The average molecular weight is 400 g/mol. The number of aliphatic hydroxyl groups excluding tert-OH is 1. The van der Waals surface area contributed by atoms with Gasteiger partial charge in [0.1, 0.15) is 35.0 Å². The molecule has 1 N–H and O–H groups in total. The van der Waals surface area contributed by atoms with E-state index in [0.29, 0.717) is 17.7 Å². The molecule has 3 rings (SSSR count). The minimum Gasteiger partial charge on any atom is -0.496 e. The van der Waals surface area contributed by atoms with Gasteiger partial charge in [0.05, 0.1) is 7.11 Å². The molecule has 1 unspecified atom stereocenters. The van der Waals surface area contributed by atoms with Crippen LogP contribution in [-0.4, -0.2) is 30.4 Å². The summed E-state index contributed by atoms with van der Waals surface area (Å²) in [6.07, 6.45) is -0.907. The zero-order valence-electron chi connectivity index (χ0n) is 16.9. The van der Waals surface area contributed by atoms with E-state index in [1.165, 1.54) is 7.11 Å². The van der Waals surface area contributed by atoms with Crippen molar-refractivity contribution < 1.29 is 33.6 Å². The van der Waals surface area contributed by atoms with Crippen molar-refractivity contribution in [3.05, 3.63) is 52.6 Å². The Kier molecular flexibility index (Phi) is 6.08. The lowest BCUT2D eigenvalue weighted by Crippen LogP contribution is -2.21. The Hall–Kier alpha value is -3.06. The van der Waals surface area contributed by atoms with Gasteiger partial charge in [0, 0.05) is 12.0 Å². The van der Waals surface area contributed by atoms with Crippen molar-refractivity contribution in [3.63, 3.8) is 0 Å². The number of carbonyl (C=O) groups excluding carboxylic acids is 2.